The van der Waals surface area contributed by atoms with Crippen LogP contribution in [0.1, 0.15) is 24.4 Å². The zero-order valence-electron chi connectivity index (χ0n) is 11.4. The maximum atomic E-state index is 12.4. The molecule has 0 saturated heterocycles. The fourth-order valence-corrected chi connectivity index (χ4v) is 2.44. The van der Waals surface area contributed by atoms with E-state index in [-0.39, 0.29) is 23.8 Å². The number of non-ortho nitro benzene ring substituents is 1. The van der Waals surface area contributed by atoms with E-state index in [0.29, 0.717) is 5.56 Å². The van der Waals surface area contributed by atoms with Gasteiger partial charge in [0.25, 0.3) is 11.2 Å². The van der Waals surface area contributed by atoms with Crippen molar-refractivity contribution in [1.82, 2.24) is 4.57 Å². The molecule has 1 aliphatic rings. The lowest BCUT2D eigenvalue weighted by molar-refractivity contribution is -0.384. The topological polar surface area (TPSA) is 91.2 Å². The maximum Gasteiger partial charge on any atom is 0.269 e. The van der Waals surface area contributed by atoms with Crippen LogP contribution in [-0.4, -0.2) is 9.49 Å². The van der Waals surface area contributed by atoms with Gasteiger partial charge in [-0.05, 0) is 36.6 Å². The van der Waals surface area contributed by atoms with Gasteiger partial charge in [0, 0.05) is 30.3 Å². The molecule has 108 valence electrons. The molecular formula is C15H15N3O3. The molecule has 1 fully saturated rings. The summed E-state index contributed by atoms with van der Waals surface area (Å²) >= 11 is 0. The number of nitrogens with zero attached hydrogens (tertiary/aromatic N) is 2. The van der Waals surface area contributed by atoms with Gasteiger partial charge >= 0.3 is 0 Å². The van der Waals surface area contributed by atoms with E-state index in [2.05, 4.69) is 0 Å². The molecule has 2 aromatic rings. The largest absolute Gasteiger partial charge is 0.326 e. The number of pyridine rings is 1. The number of nitro benzene ring substituents is 1. The van der Waals surface area contributed by atoms with Crippen molar-refractivity contribution < 1.29 is 4.92 Å². The van der Waals surface area contributed by atoms with Gasteiger partial charge in [-0.2, -0.15) is 0 Å². The third kappa shape index (κ3) is 2.45. The van der Waals surface area contributed by atoms with Crippen molar-refractivity contribution in [3.63, 3.8) is 0 Å². The van der Waals surface area contributed by atoms with Crippen molar-refractivity contribution in [3.8, 4) is 11.3 Å². The summed E-state index contributed by atoms with van der Waals surface area (Å²) in [7, 11) is 0. The highest BCUT2D eigenvalue weighted by molar-refractivity contribution is 5.62. The lowest BCUT2D eigenvalue weighted by Gasteiger charge is -2.13. The summed E-state index contributed by atoms with van der Waals surface area (Å²) in [5.41, 5.74) is 7.75. The van der Waals surface area contributed by atoms with E-state index in [1.54, 1.807) is 22.8 Å². The molecule has 0 atom stereocenters. The monoisotopic (exact) mass is 285 g/mol. The van der Waals surface area contributed by atoms with Crippen LogP contribution in [0.2, 0.25) is 0 Å². The Morgan fingerprint density at radius 1 is 1.19 bits per heavy atom. The first-order valence-corrected chi connectivity index (χ1v) is 6.81. The Hall–Kier alpha value is -2.47. The van der Waals surface area contributed by atoms with E-state index in [4.69, 9.17) is 5.73 Å². The molecule has 0 bridgehead atoms. The normalized spacial score (nSPS) is 14.1. The standard InChI is InChI=1S/C15H15N3O3/c16-9-11-3-8-14(17(15(11)19)12-6-7-12)10-1-4-13(5-2-10)18(20)21/h1-5,8,12H,6-7,9,16H2. The van der Waals surface area contributed by atoms with E-state index >= 15 is 0 Å². The van der Waals surface area contributed by atoms with Crippen LogP contribution >= 0.6 is 0 Å². The highest BCUT2D eigenvalue weighted by Gasteiger charge is 2.27. The predicted octanol–water partition coefficient (Wildman–Crippen LogP) is 2.22. The molecule has 21 heavy (non-hydrogen) atoms. The Kier molecular flexibility index (Phi) is 3.31. The minimum absolute atomic E-state index is 0.0395. The van der Waals surface area contributed by atoms with Crippen molar-refractivity contribution in [2.75, 3.05) is 0 Å². The number of hydrogen-bond acceptors (Lipinski definition) is 4. The Morgan fingerprint density at radius 2 is 1.86 bits per heavy atom. The average Bonchev–Trinajstić information content (AvgIpc) is 3.31. The van der Waals surface area contributed by atoms with Gasteiger partial charge in [-0.15, -0.1) is 0 Å². The molecular weight excluding hydrogens is 270 g/mol. The van der Waals surface area contributed by atoms with Crippen molar-refractivity contribution in [1.29, 1.82) is 0 Å². The van der Waals surface area contributed by atoms with Crippen molar-refractivity contribution in [2.24, 2.45) is 5.73 Å². The highest BCUT2D eigenvalue weighted by Crippen LogP contribution is 2.37. The smallest absolute Gasteiger partial charge is 0.269 e. The van der Waals surface area contributed by atoms with Crippen LogP contribution in [0.25, 0.3) is 11.3 Å². The first-order valence-electron chi connectivity index (χ1n) is 6.81. The molecule has 2 N–H and O–H groups in total. The van der Waals surface area contributed by atoms with E-state index in [1.165, 1.54) is 12.1 Å². The zero-order chi connectivity index (χ0) is 15.0. The van der Waals surface area contributed by atoms with Gasteiger partial charge in [0.1, 0.15) is 0 Å². The molecule has 0 radical (unpaired) electrons. The SMILES string of the molecule is NCc1ccc(-c2ccc([N+](=O)[O-])cc2)n(C2CC2)c1=O. The molecule has 6 heteroatoms. The van der Waals surface area contributed by atoms with Crippen LogP contribution < -0.4 is 11.3 Å². The molecule has 6 nitrogen and oxygen atoms in total. The summed E-state index contributed by atoms with van der Waals surface area (Å²) in [4.78, 5) is 22.7. The molecule has 1 saturated carbocycles. The number of hydrogen-bond donors (Lipinski definition) is 1. The van der Waals surface area contributed by atoms with E-state index < -0.39 is 4.92 Å². The zero-order valence-corrected chi connectivity index (χ0v) is 11.4. The Balaban J connectivity index is 2.11. The van der Waals surface area contributed by atoms with Crippen LogP contribution in [0.3, 0.4) is 0 Å². The lowest BCUT2D eigenvalue weighted by atomic mass is 10.1. The van der Waals surface area contributed by atoms with Crippen LogP contribution in [0, 0.1) is 10.1 Å². The Morgan fingerprint density at radius 3 is 2.38 bits per heavy atom. The molecule has 0 unspecified atom stereocenters. The molecule has 3 rings (SSSR count). The van der Waals surface area contributed by atoms with E-state index in [9.17, 15) is 14.9 Å². The number of nitrogens with two attached hydrogens (primary N) is 1. The van der Waals surface area contributed by atoms with Gasteiger partial charge in [0.2, 0.25) is 0 Å². The van der Waals surface area contributed by atoms with Crippen LogP contribution in [-0.2, 0) is 6.54 Å². The minimum atomic E-state index is -0.435. The fourth-order valence-electron chi connectivity index (χ4n) is 2.44. The summed E-state index contributed by atoms with van der Waals surface area (Å²) in [6, 6.07) is 10.1. The maximum absolute atomic E-state index is 12.4. The summed E-state index contributed by atoms with van der Waals surface area (Å²) in [5, 5.41) is 10.7. The number of nitro groups is 1. The van der Waals surface area contributed by atoms with Crippen molar-refractivity contribution in [3.05, 3.63) is 62.4 Å². The molecule has 1 heterocycles. The molecule has 1 aromatic carbocycles. The van der Waals surface area contributed by atoms with Crippen molar-refractivity contribution >= 4 is 5.69 Å². The predicted molar refractivity (Wildman–Crippen MR) is 79.0 cm³/mol. The summed E-state index contributed by atoms with van der Waals surface area (Å²) in [6.07, 6.45) is 1.96. The first-order chi connectivity index (χ1) is 10.1. The minimum Gasteiger partial charge on any atom is -0.326 e. The summed E-state index contributed by atoms with van der Waals surface area (Å²) < 4.78 is 1.77. The van der Waals surface area contributed by atoms with Gasteiger partial charge in [-0.3, -0.25) is 14.9 Å². The highest BCUT2D eigenvalue weighted by atomic mass is 16.6. The molecule has 0 spiro atoms. The number of aromatic nitrogens is 1. The molecule has 1 aromatic heterocycles. The van der Waals surface area contributed by atoms with Gasteiger partial charge in [-0.25, -0.2) is 0 Å². The van der Waals surface area contributed by atoms with Crippen LogP contribution in [0.4, 0.5) is 5.69 Å². The Labute approximate surface area is 121 Å². The third-order valence-corrected chi connectivity index (χ3v) is 3.70. The third-order valence-electron chi connectivity index (χ3n) is 3.70. The quantitative estimate of drug-likeness (QED) is 0.688. The fraction of sp³-hybridized carbons (Fsp3) is 0.267. The molecule has 0 amide bonds. The Bertz CT molecular complexity index is 746. The second-order valence-corrected chi connectivity index (χ2v) is 5.16. The molecule has 1 aliphatic carbocycles. The number of rotatable bonds is 4. The van der Waals surface area contributed by atoms with Crippen molar-refractivity contribution in [2.45, 2.75) is 25.4 Å². The van der Waals surface area contributed by atoms with E-state index in [1.807, 2.05) is 6.07 Å². The van der Waals surface area contributed by atoms with Gasteiger partial charge < -0.3 is 10.3 Å². The summed E-state index contributed by atoms with van der Waals surface area (Å²) in [6.45, 7) is 0.214. The lowest BCUT2D eigenvalue weighted by Crippen LogP contribution is -2.25. The van der Waals surface area contributed by atoms with Crippen LogP contribution in [0.5, 0.6) is 0 Å². The number of benzene rings is 1. The first kappa shape index (κ1) is 13.5. The average molecular weight is 285 g/mol. The van der Waals surface area contributed by atoms with Gasteiger partial charge in [0.15, 0.2) is 0 Å². The molecule has 0 aliphatic heterocycles. The van der Waals surface area contributed by atoms with Gasteiger partial charge in [-0.1, -0.05) is 6.07 Å². The second kappa shape index (κ2) is 5.14. The summed E-state index contributed by atoms with van der Waals surface area (Å²) in [5.74, 6) is 0. The van der Waals surface area contributed by atoms with E-state index in [0.717, 1.165) is 24.1 Å². The van der Waals surface area contributed by atoms with Gasteiger partial charge in [0.05, 0.1) is 10.6 Å². The second-order valence-electron chi connectivity index (χ2n) is 5.16. The van der Waals surface area contributed by atoms with Crippen LogP contribution in [0.15, 0.2) is 41.2 Å².